The van der Waals surface area contributed by atoms with Gasteiger partial charge in [0.1, 0.15) is 17.5 Å². The molecule has 0 atom stereocenters. The van der Waals surface area contributed by atoms with Crippen LogP contribution in [0.5, 0.6) is 0 Å². The van der Waals surface area contributed by atoms with E-state index in [-0.39, 0.29) is 0 Å². The van der Waals surface area contributed by atoms with Gasteiger partial charge in [0, 0.05) is 32.2 Å². The van der Waals surface area contributed by atoms with Gasteiger partial charge >= 0.3 is 0 Å². The lowest BCUT2D eigenvalue weighted by atomic mass is 10.3. The molecule has 0 bridgehead atoms. The molecule has 5 nitrogen and oxygen atoms in total. The first-order chi connectivity index (χ1) is 8.33. The lowest BCUT2D eigenvalue weighted by molar-refractivity contribution is 0.158. The highest BCUT2D eigenvalue weighted by Crippen LogP contribution is 2.38. The van der Waals surface area contributed by atoms with Crippen molar-refractivity contribution in [2.24, 2.45) is 0 Å². The zero-order chi connectivity index (χ0) is 12.1. The summed E-state index contributed by atoms with van der Waals surface area (Å²) in [6.45, 7) is 4.22. The minimum atomic E-state index is 0.566. The van der Waals surface area contributed by atoms with Crippen LogP contribution in [0.15, 0.2) is 6.07 Å². The van der Waals surface area contributed by atoms with Crippen LogP contribution < -0.4 is 10.6 Å². The van der Waals surface area contributed by atoms with Crippen molar-refractivity contribution in [1.82, 2.24) is 9.97 Å². The molecule has 0 aromatic carbocycles. The molecular weight excluding hydrogens is 216 g/mol. The third-order valence-corrected chi connectivity index (χ3v) is 2.70. The van der Waals surface area contributed by atoms with Crippen LogP contribution in [0.1, 0.15) is 31.5 Å². The number of rotatable bonds is 7. The highest BCUT2D eigenvalue weighted by molar-refractivity contribution is 5.47. The molecule has 2 N–H and O–H groups in total. The minimum Gasteiger partial charge on any atom is -0.380 e. The van der Waals surface area contributed by atoms with Crippen molar-refractivity contribution in [3.05, 3.63) is 11.9 Å². The Bertz CT molecular complexity index is 366. The maximum Gasteiger partial charge on any atom is 0.136 e. The molecule has 5 heteroatoms. The summed E-state index contributed by atoms with van der Waals surface area (Å²) in [7, 11) is 1.88. The molecule has 1 saturated carbocycles. The molecule has 0 radical (unpaired) electrons. The van der Waals surface area contributed by atoms with Crippen molar-refractivity contribution < 1.29 is 4.74 Å². The molecule has 1 aliphatic carbocycles. The SMILES string of the molecule is CCOCCNc1cc(NC)nc(C2CC2)n1. The maximum atomic E-state index is 5.28. The van der Waals surface area contributed by atoms with Gasteiger partial charge in [-0.05, 0) is 19.8 Å². The van der Waals surface area contributed by atoms with Crippen LogP contribution in [-0.2, 0) is 4.74 Å². The van der Waals surface area contributed by atoms with Gasteiger partial charge in [-0.3, -0.25) is 0 Å². The zero-order valence-corrected chi connectivity index (χ0v) is 10.5. The van der Waals surface area contributed by atoms with E-state index in [2.05, 4.69) is 20.6 Å². The summed E-state index contributed by atoms with van der Waals surface area (Å²) in [6.07, 6.45) is 2.43. The smallest absolute Gasteiger partial charge is 0.136 e. The second kappa shape index (κ2) is 5.82. The first kappa shape index (κ1) is 12.1. The molecule has 1 aliphatic rings. The summed E-state index contributed by atoms with van der Waals surface area (Å²) >= 11 is 0. The zero-order valence-electron chi connectivity index (χ0n) is 10.5. The summed E-state index contributed by atoms with van der Waals surface area (Å²) in [6, 6.07) is 1.93. The Morgan fingerprint density at radius 1 is 1.35 bits per heavy atom. The van der Waals surface area contributed by atoms with E-state index in [1.54, 1.807) is 0 Å². The van der Waals surface area contributed by atoms with E-state index in [1.165, 1.54) is 12.8 Å². The van der Waals surface area contributed by atoms with E-state index in [9.17, 15) is 0 Å². The van der Waals surface area contributed by atoms with Crippen LogP contribution in [-0.4, -0.2) is 36.8 Å². The lowest BCUT2D eigenvalue weighted by Gasteiger charge is -2.09. The Balaban J connectivity index is 1.97. The summed E-state index contributed by atoms with van der Waals surface area (Å²) in [5, 5.41) is 6.33. The Hall–Kier alpha value is -1.36. The third-order valence-electron chi connectivity index (χ3n) is 2.70. The standard InChI is InChI=1S/C12H20N4O/c1-3-17-7-6-14-11-8-10(13-2)15-12(16-11)9-4-5-9/h8-9H,3-7H2,1-2H3,(H2,13,14,15,16). The van der Waals surface area contributed by atoms with Gasteiger partial charge in [0.2, 0.25) is 0 Å². The summed E-state index contributed by atoms with van der Waals surface area (Å²) < 4.78 is 5.28. The van der Waals surface area contributed by atoms with E-state index < -0.39 is 0 Å². The molecule has 0 unspecified atom stereocenters. The normalized spacial score (nSPS) is 14.7. The number of anilines is 2. The highest BCUT2D eigenvalue weighted by Gasteiger charge is 2.27. The fraction of sp³-hybridized carbons (Fsp3) is 0.667. The summed E-state index contributed by atoms with van der Waals surface area (Å²) in [5.74, 6) is 3.28. The van der Waals surface area contributed by atoms with E-state index >= 15 is 0 Å². The van der Waals surface area contributed by atoms with E-state index in [0.717, 1.165) is 30.6 Å². The van der Waals surface area contributed by atoms with Crippen molar-refractivity contribution in [3.8, 4) is 0 Å². The molecule has 17 heavy (non-hydrogen) atoms. The molecule has 94 valence electrons. The topological polar surface area (TPSA) is 59.1 Å². The van der Waals surface area contributed by atoms with E-state index in [0.29, 0.717) is 12.5 Å². The second-order valence-corrected chi connectivity index (χ2v) is 4.14. The van der Waals surface area contributed by atoms with Crippen LogP contribution in [0.25, 0.3) is 0 Å². The second-order valence-electron chi connectivity index (χ2n) is 4.14. The van der Waals surface area contributed by atoms with Gasteiger partial charge in [0.15, 0.2) is 0 Å². The van der Waals surface area contributed by atoms with Crippen molar-refractivity contribution in [2.75, 3.05) is 37.4 Å². The first-order valence-corrected chi connectivity index (χ1v) is 6.21. The number of nitrogens with zero attached hydrogens (tertiary/aromatic N) is 2. The summed E-state index contributed by atoms with van der Waals surface area (Å²) in [4.78, 5) is 8.99. The van der Waals surface area contributed by atoms with E-state index in [1.807, 2.05) is 20.0 Å². The average molecular weight is 236 g/mol. The first-order valence-electron chi connectivity index (χ1n) is 6.21. The minimum absolute atomic E-state index is 0.566. The van der Waals surface area contributed by atoms with Gasteiger partial charge in [-0.25, -0.2) is 9.97 Å². The van der Waals surface area contributed by atoms with Crippen LogP contribution in [0.4, 0.5) is 11.6 Å². The van der Waals surface area contributed by atoms with Gasteiger partial charge in [-0.1, -0.05) is 0 Å². The molecule has 1 aromatic heterocycles. The van der Waals surface area contributed by atoms with Crippen molar-refractivity contribution in [3.63, 3.8) is 0 Å². The van der Waals surface area contributed by atoms with E-state index in [4.69, 9.17) is 4.74 Å². The van der Waals surface area contributed by atoms with Gasteiger partial charge in [-0.2, -0.15) is 0 Å². The Kier molecular flexibility index (Phi) is 4.14. The Morgan fingerprint density at radius 3 is 2.76 bits per heavy atom. The molecule has 0 spiro atoms. The van der Waals surface area contributed by atoms with Crippen LogP contribution >= 0.6 is 0 Å². The highest BCUT2D eigenvalue weighted by atomic mass is 16.5. The molecular formula is C12H20N4O. The number of hydrogen-bond donors (Lipinski definition) is 2. The molecule has 2 rings (SSSR count). The van der Waals surface area contributed by atoms with Crippen molar-refractivity contribution in [1.29, 1.82) is 0 Å². The van der Waals surface area contributed by atoms with Crippen LogP contribution in [0, 0.1) is 0 Å². The van der Waals surface area contributed by atoms with Crippen molar-refractivity contribution >= 4 is 11.6 Å². The molecule has 1 aromatic rings. The van der Waals surface area contributed by atoms with Crippen LogP contribution in [0.2, 0.25) is 0 Å². The van der Waals surface area contributed by atoms with Gasteiger partial charge < -0.3 is 15.4 Å². The fourth-order valence-corrected chi connectivity index (χ4v) is 1.60. The van der Waals surface area contributed by atoms with Gasteiger partial charge in [0.25, 0.3) is 0 Å². The molecule has 0 amide bonds. The average Bonchev–Trinajstić information content (AvgIpc) is 3.18. The quantitative estimate of drug-likeness (QED) is 0.707. The van der Waals surface area contributed by atoms with Gasteiger partial charge in [-0.15, -0.1) is 0 Å². The monoisotopic (exact) mass is 236 g/mol. The number of hydrogen-bond acceptors (Lipinski definition) is 5. The fourth-order valence-electron chi connectivity index (χ4n) is 1.60. The molecule has 1 fully saturated rings. The molecule has 0 aliphatic heterocycles. The predicted molar refractivity (Wildman–Crippen MR) is 68.5 cm³/mol. The number of aromatic nitrogens is 2. The molecule has 1 heterocycles. The van der Waals surface area contributed by atoms with Gasteiger partial charge in [0.05, 0.1) is 6.61 Å². The van der Waals surface area contributed by atoms with Crippen LogP contribution in [0.3, 0.4) is 0 Å². The maximum absolute atomic E-state index is 5.28. The lowest BCUT2D eigenvalue weighted by Crippen LogP contribution is -2.12. The number of ether oxygens (including phenoxy) is 1. The van der Waals surface area contributed by atoms with Crippen molar-refractivity contribution in [2.45, 2.75) is 25.7 Å². The molecule has 0 saturated heterocycles. The largest absolute Gasteiger partial charge is 0.380 e. The number of nitrogens with one attached hydrogen (secondary N) is 2. The Morgan fingerprint density at radius 2 is 2.12 bits per heavy atom. The predicted octanol–water partition coefficient (Wildman–Crippen LogP) is 1.84. The Labute approximate surface area is 102 Å². The third kappa shape index (κ3) is 3.56. The summed E-state index contributed by atoms with van der Waals surface area (Å²) in [5.41, 5.74) is 0.